The maximum Gasteiger partial charge on any atom is 0.238 e. The summed E-state index contributed by atoms with van der Waals surface area (Å²) in [7, 11) is -3.63. The van der Waals surface area contributed by atoms with Gasteiger partial charge < -0.3 is 9.42 Å². The van der Waals surface area contributed by atoms with E-state index in [0.717, 1.165) is 49.9 Å². The van der Waals surface area contributed by atoms with Crippen LogP contribution in [0.25, 0.3) is 0 Å². The molecule has 124 valence electrons. The van der Waals surface area contributed by atoms with Crippen molar-refractivity contribution in [3.05, 3.63) is 41.8 Å². The predicted octanol–water partition coefficient (Wildman–Crippen LogP) is 0.953. The van der Waals surface area contributed by atoms with Gasteiger partial charge in [-0.2, -0.15) is 0 Å². The Morgan fingerprint density at radius 2 is 1.83 bits per heavy atom. The second-order valence-electron chi connectivity index (χ2n) is 5.74. The van der Waals surface area contributed by atoms with Crippen LogP contribution in [0.15, 0.2) is 39.8 Å². The molecule has 0 radical (unpaired) electrons. The minimum atomic E-state index is -3.63. The van der Waals surface area contributed by atoms with Crippen LogP contribution in [0.4, 0.5) is 5.69 Å². The number of piperazine rings is 1. The van der Waals surface area contributed by atoms with Crippen molar-refractivity contribution in [2.45, 2.75) is 18.4 Å². The monoisotopic (exact) mass is 336 g/mol. The normalized spacial score (nSPS) is 16.7. The molecule has 7 nitrogen and oxygen atoms in total. The number of nitrogens with zero attached hydrogens (tertiary/aromatic N) is 3. The second kappa shape index (κ2) is 6.31. The van der Waals surface area contributed by atoms with Crippen LogP contribution in [-0.4, -0.2) is 44.7 Å². The molecule has 0 amide bonds. The highest BCUT2D eigenvalue weighted by molar-refractivity contribution is 7.89. The molecular formula is C15H20N4O3S. The molecule has 23 heavy (non-hydrogen) atoms. The number of nitrogens with two attached hydrogens (primary N) is 1. The Balaban J connectivity index is 1.58. The molecule has 0 atom stereocenters. The lowest BCUT2D eigenvalue weighted by Gasteiger charge is -2.35. The van der Waals surface area contributed by atoms with Gasteiger partial charge in [0.05, 0.1) is 17.1 Å². The molecule has 2 aromatic rings. The van der Waals surface area contributed by atoms with Crippen LogP contribution < -0.4 is 10.0 Å². The summed E-state index contributed by atoms with van der Waals surface area (Å²) in [6.07, 6.45) is 0. The molecule has 1 aliphatic rings. The molecule has 1 saturated heterocycles. The third-order valence-electron chi connectivity index (χ3n) is 3.96. The Kier molecular flexibility index (Phi) is 4.38. The third-order valence-corrected chi connectivity index (χ3v) is 4.89. The quantitative estimate of drug-likeness (QED) is 0.894. The number of primary sulfonamides is 1. The number of rotatable bonds is 4. The molecule has 0 aliphatic carbocycles. The standard InChI is InChI=1S/C15H20N4O3S/c1-12-10-14(22-17-12)11-18-6-8-19(9-7-18)13-2-4-15(5-3-13)23(16,20)21/h2-5,10H,6-9,11H2,1H3,(H2,16,20,21). The zero-order valence-electron chi connectivity index (χ0n) is 13.0. The second-order valence-corrected chi connectivity index (χ2v) is 7.30. The predicted molar refractivity (Wildman–Crippen MR) is 86.5 cm³/mol. The highest BCUT2D eigenvalue weighted by Crippen LogP contribution is 2.19. The summed E-state index contributed by atoms with van der Waals surface area (Å²) in [4.78, 5) is 4.69. The fourth-order valence-corrected chi connectivity index (χ4v) is 3.24. The van der Waals surface area contributed by atoms with Crippen molar-refractivity contribution >= 4 is 15.7 Å². The van der Waals surface area contributed by atoms with Crippen LogP contribution in [0.3, 0.4) is 0 Å². The van der Waals surface area contributed by atoms with Crippen molar-refractivity contribution < 1.29 is 12.9 Å². The molecule has 2 heterocycles. The summed E-state index contributed by atoms with van der Waals surface area (Å²) in [5, 5.41) is 9.02. The zero-order valence-corrected chi connectivity index (χ0v) is 13.8. The van der Waals surface area contributed by atoms with E-state index in [2.05, 4.69) is 15.0 Å². The number of hydrogen-bond donors (Lipinski definition) is 1. The first-order chi connectivity index (χ1) is 10.9. The summed E-state index contributed by atoms with van der Waals surface area (Å²) in [5.74, 6) is 0.883. The number of anilines is 1. The van der Waals surface area contributed by atoms with Crippen molar-refractivity contribution in [3.63, 3.8) is 0 Å². The third kappa shape index (κ3) is 3.90. The van der Waals surface area contributed by atoms with Gasteiger partial charge in [-0.3, -0.25) is 4.90 Å². The Labute approximate surface area is 135 Å². The number of hydrogen-bond acceptors (Lipinski definition) is 6. The van der Waals surface area contributed by atoms with E-state index in [0.29, 0.717) is 0 Å². The number of sulfonamides is 1. The lowest BCUT2D eigenvalue weighted by atomic mass is 10.2. The van der Waals surface area contributed by atoms with Gasteiger partial charge in [-0.05, 0) is 31.2 Å². The molecule has 1 aromatic heterocycles. The fraction of sp³-hybridized carbons (Fsp3) is 0.400. The van der Waals surface area contributed by atoms with E-state index in [4.69, 9.17) is 9.66 Å². The summed E-state index contributed by atoms with van der Waals surface area (Å²) in [6, 6.07) is 8.66. The van der Waals surface area contributed by atoms with E-state index >= 15 is 0 Å². The van der Waals surface area contributed by atoms with Gasteiger partial charge in [0.15, 0.2) is 5.76 Å². The summed E-state index contributed by atoms with van der Waals surface area (Å²) < 4.78 is 27.8. The minimum Gasteiger partial charge on any atom is -0.369 e. The van der Waals surface area contributed by atoms with Gasteiger partial charge >= 0.3 is 0 Å². The van der Waals surface area contributed by atoms with Crippen LogP contribution in [-0.2, 0) is 16.6 Å². The lowest BCUT2D eigenvalue weighted by molar-refractivity contribution is 0.219. The van der Waals surface area contributed by atoms with Gasteiger partial charge in [-0.25, -0.2) is 13.6 Å². The average molecular weight is 336 g/mol. The Bertz CT molecular complexity index is 762. The lowest BCUT2D eigenvalue weighted by Crippen LogP contribution is -2.45. The van der Waals surface area contributed by atoms with E-state index in [9.17, 15) is 8.42 Å². The van der Waals surface area contributed by atoms with Crippen molar-refractivity contribution in [1.29, 1.82) is 0 Å². The van der Waals surface area contributed by atoms with Crippen LogP contribution >= 0.6 is 0 Å². The molecule has 8 heteroatoms. The first-order valence-corrected chi connectivity index (χ1v) is 8.99. The van der Waals surface area contributed by atoms with Crippen molar-refractivity contribution in [2.24, 2.45) is 5.14 Å². The SMILES string of the molecule is Cc1cc(CN2CCN(c3ccc(S(N)(=O)=O)cc3)CC2)on1. The molecule has 1 aromatic carbocycles. The van der Waals surface area contributed by atoms with Gasteiger partial charge in [0.25, 0.3) is 0 Å². The van der Waals surface area contributed by atoms with E-state index in [1.54, 1.807) is 24.3 Å². The highest BCUT2D eigenvalue weighted by atomic mass is 32.2. The van der Waals surface area contributed by atoms with Gasteiger partial charge in [-0.1, -0.05) is 5.16 Å². The molecule has 0 bridgehead atoms. The molecule has 3 rings (SSSR count). The molecule has 0 unspecified atom stereocenters. The van der Waals surface area contributed by atoms with Gasteiger partial charge in [0.1, 0.15) is 0 Å². The van der Waals surface area contributed by atoms with E-state index in [1.165, 1.54) is 0 Å². The molecule has 0 saturated carbocycles. The molecule has 1 fully saturated rings. The topological polar surface area (TPSA) is 92.7 Å². The molecule has 2 N–H and O–H groups in total. The maximum atomic E-state index is 11.3. The van der Waals surface area contributed by atoms with Crippen molar-refractivity contribution in [2.75, 3.05) is 31.1 Å². The largest absolute Gasteiger partial charge is 0.369 e. The molecule has 1 aliphatic heterocycles. The smallest absolute Gasteiger partial charge is 0.238 e. The van der Waals surface area contributed by atoms with Crippen molar-refractivity contribution in [3.8, 4) is 0 Å². The number of aromatic nitrogens is 1. The fourth-order valence-electron chi connectivity index (χ4n) is 2.72. The molecule has 0 spiro atoms. The minimum absolute atomic E-state index is 0.139. The Hall–Kier alpha value is -1.90. The zero-order chi connectivity index (χ0) is 16.4. The first-order valence-electron chi connectivity index (χ1n) is 7.44. The Morgan fingerprint density at radius 3 is 2.35 bits per heavy atom. The van der Waals surface area contributed by atoms with Crippen molar-refractivity contribution in [1.82, 2.24) is 10.1 Å². The van der Waals surface area contributed by atoms with Gasteiger partial charge in [0.2, 0.25) is 10.0 Å². The number of aryl methyl sites for hydroxylation is 1. The van der Waals surface area contributed by atoms with E-state index < -0.39 is 10.0 Å². The average Bonchev–Trinajstić information content (AvgIpc) is 2.92. The summed E-state index contributed by atoms with van der Waals surface area (Å²) in [6.45, 7) is 6.26. The van der Waals surface area contributed by atoms with E-state index in [1.807, 2.05) is 13.0 Å². The van der Waals surface area contributed by atoms with E-state index in [-0.39, 0.29) is 4.90 Å². The summed E-state index contributed by atoms with van der Waals surface area (Å²) in [5.41, 5.74) is 1.90. The Morgan fingerprint density at radius 1 is 1.17 bits per heavy atom. The van der Waals surface area contributed by atoms with Crippen LogP contribution in [0.1, 0.15) is 11.5 Å². The highest BCUT2D eigenvalue weighted by Gasteiger charge is 2.19. The van der Waals surface area contributed by atoms with Crippen LogP contribution in [0, 0.1) is 6.92 Å². The van der Waals surface area contributed by atoms with Crippen LogP contribution in [0.2, 0.25) is 0 Å². The van der Waals surface area contributed by atoms with Crippen LogP contribution in [0.5, 0.6) is 0 Å². The first kappa shape index (κ1) is 16.0. The maximum absolute atomic E-state index is 11.3. The number of benzene rings is 1. The summed E-state index contributed by atoms with van der Waals surface area (Å²) >= 11 is 0. The molecular weight excluding hydrogens is 316 g/mol. The van der Waals surface area contributed by atoms with Gasteiger partial charge in [-0.15, -0.1) is 0 Å². The van der Waals surface area contributed by atoms with Gasteiger partial charge in [0, 0.05) is 37.9 Å².